The number of nitrogens with zero attached hydrogens (tertiary/aromatic N) is 4. The Morgan fingerprint density at radius 2 is 1.85 bits per heavy atom. The molecule has 4 rings (SSSR count). The second-order valence-electron chi connectivity index (χ2n) is 7.84. The Morgan fingerprint density at radius 3 is 2.52 bits per heavy atom. The molecule has 4 aromatic rings. The Morgan fingerprint density at radius 1 is 1.07 bits per heavy atom. The Hall–Kier alpha value is -2.60. The monoisotopic (exact) mass is 378 g/mol. The van der Waals surface area contributed by atoms with Crippen molar-refractivity contribution in [3.8, 4) is 11.5 Å². The molecule has 6 heteroatoms. The smallest absolute Gasteiger partial charge is 0.247 e. The molecular formula is C21H22N4OS. The van der Waals surface area contributed by atoms with Gasteiger partial charge in [0.1, 0.15) is 10.3 Å². The fourth-order valence-corrected chi connectivity index (χ4v) is 3.82. The molecule has 0 amide bonds. The summed E-state index contributed by atoms with van der Waals surface area (Å²) < 4.78 is 5.82. The van der Waals surface area contributed by atoms with Crippen LogP contribution in [0.4, 0.5) is 0 Å². The van der Waals surface area contributed by atoms with E-state index in [4.69, 9.17) is 9.40 Å². The van der Waals surface area contributed by atoms with Gasteiger partial charge in [0.05, 0.1) is 5.01 Å². The third kappa shape index (κ3) is 3.76. The molecule has 0 aliphatic heterocycles. The highest BCUT2D eigenvalue weighted by Gasteiger charge is 2.22. The highest BCUT2D eigenvalue weighted by atomic mass is 32.1. The average molecular weight is 379 g/mol. The summed E-state index contributed by atoms with van der Waals surface area (Å²) in [4.78, 5) is 10.1. The van der Waals surface area contributed by atoms with Crippen LogP contribution in [0.3, 0.4) is 0 Å². The van der Waals surface area contributed by atoms with Crippen molar-refractivity contribution >= 4 is 21.7 Å². The van der Waals surface area contributed by atoms with Gasteiger partial charge in [0.15, 0.2) is 0 Å². The SMILES string of the molecule is CC(Cc1ccc(-c2nnc(C(C)(C)C)o2)cc1)c1nc2cccnc2s1. The maximum atomic E-state index is 5.82. The fraction of sp³-hybridized carbons (Fsp3) is 0.333. The molecule has 1 atom stereocenters. The number of thiazole rings is 1. The van der Waals surface area contributed by atoms with Gasteiger partial charge in [0.2, 0.25) is 11.8 Å². The van der Waals surface area contributed by atoms with E-state index in [2.05, 4.69) is 55.0 Å². The molecule has 0 bridgehead atoms. The van der Waals surface area contributed by atoms with Crippen molar-refractivity contribution in [1.29, 1.82) is 0 Å². The zero-order valence-corrected chi connectivity index (χ0v) is 16.7. The van der Waals surface area contributed by atoms with Gasteiger partial charge in [0, 0.05) is 23.1 Å². The summed E-state index contributed by atoms with van der Waals surface area (Å²) in [5.41, 5.74) is 3.03. The summed E-state index contributed by atoms with van der Waals surface area (Å²) in [5, 5.41) is 9.47. The summed E-state index contributed by atoms with van der Waals surface area (Å²) in [6.45, 7) is 8.39. The predicted octanol–water partition coefficient (Wildman–Crippen LogP) is 5.39. The largest absolute Gasteiger partial charge is 0.420 e. The number of hydrogen-bond acceptors (Lipinski definition) is 6. The predicted molar refractivity (Wildman–Crippen MR) is 108 cm³/mol. The standard InChI is InChI=1S/C21H22N4OS/c1-13(18-23-16-6-5-11-22-19(16)27-18)12-14-7-9-15(10-8-14)17-24-25-20(26-17)21(2,3)4/h5-11,13H,12H2,1-4H3. The molecule has 0 aliphatic carbocycles. The van der Waals surface area contributed by atoms with Crippen molar-refractivity contribution in [3.05, 3.63) is 59.1 Å². The summed E-state index contributed by atoms with van der Waals surface area (Å²) in [6.07, 6.45) is 2.74. The average Bonchev–Trinajstić information content (AvgIpc) is 3.29. The molecule has 0 N–H and O–H groups in total. The molecule has 0 radical (unpaired) electrons. The highest BCUT2D eigenvalue weighted by molar-refractivity contribution is 7.18. The molecule has 5 nitrogen and oxygen atoms in total. The first-order valence-electron chi connectivity index (χ1n) is 9.05. The van der Waals surface area contributed by atoms with E-state index >= 15 is 0 Å². The summed E-state index contributed by atoms with van der Waals surface area (Å²) >= 11 is 1.67. The Labute approximate surface area is 162 Å². The zero-order valence-electron chi connectivity index (χ0n) is 15.9. The molecule has 3 heterocycles. The molecule has 1 aromatic carbocycles. The van der Waals surface area contributed by atoms with E-state index in [-0.39, 0.29) is 5.41 Å². The first-order chi connectivity index (χ1) is 12.9. The van der Waals surface area contributed by atoms with Crippen LogP contribution < -0.4 is 0 Å². The first-order valence-corrected chi connectivity index (χ1v) is 9.86. The Bertz CT molecular complexity index is 1030. The zero-order chi connectivity index (χ0) is 19.0. The van der Waals surface area contributed by atoms with Crippen molar-refractivity contribution in [3.63, 3.8) is 0 Å². The van der Waals surface area contributed by atoms with Crippen LogP contribution in [-0.4, -0.2) is 20.2 Å². The van der Waals surface area contributed by atoms with Crippen LogP contribution in [0.15, 0.2) is 47.0 Å². The number of fused-ring (bicyclic) bond motifs is 1. The van der Waals surface area contributed by atoms with E-state index < -0.39 is 0 Å². The maximum absolute atomic E-state index is 5.82. The molecule has 138 valence electrons. The van der Waals surface area contributed by atoms with Gasteiger partial charge in [-0.15, -0.1) is 10.2 Å². The summed E-state index contributed by atoms with van der Waals surface area (Å²) in [5.74, 6) is 1.56. The number of rotatable bonds is 4. The summed E-state index contributed by atoms with van der Waals surface area (Å²) in [7, 11) is 0. The van der Waals surface area contributed by atoms with Crippen molar-refractivity contribution in [2.24, 2.45) is 0 Å². The Balaban J connectivity index is 1.49. The van der Waals surface area contributed by atoms with Crippen LogP contribution in [0.25, 0.3) is 21.8 Å². The molecule has 0 aliphatic rings. The summed E-state index contributed by atoms with van der Waals surface area (Å²) in [6, 6.07) is 12.3. The molecule has 0 saturated carbocycles. The number of pyridine rings is 1. The molecule has 1 unspecified atom stereocenters. The minimum Gasteiger partial charge on any atom is -0.420 e. The van der Waals surface area contributed by atoms with E-state index in [1.54, 1.807) is 11.3 Å². The third-order valence-electron chi connectivity index (χ3n) is 4.41. The van der Waals surface area contributed by atoms with E-state index in [9.17, 15) is 0 Å². The molecule has 0 saturated heterocycles. The topological polar surface area (TPSA) is 64.7 Å². The molecular weight excluding hydrogens is 356 g/mol. The van der Waals surface area contributed by atoms with Crippen LogP contribution in [0.5, 0.6) is 0 Å². The molecule has 0 spiro atoms. The normalized spacial score (nSPS) is 13.2. The lowest BCUT2D eigenvalue weighted by Gasteiger charge is -2.11. The van der Waals surface area contributed by atoms with Crippen LogP contribution in [-0.2, 0) is 11.8 Å². The minimum absolute atomic E-state index is 0.146. The lowest BCUT2D eigenvalue weighted by Crippen LogP contribution is -2.11. The number of aromatic nitrogens is 4. The van der Waals surface area contributed by atoms with E-state index in [0.717, 1.165) is 27.3 Å². The fourth-order valence-electron chi connectivity index (χ4n) is 2.86. The lowest BCUT2D eigenvalue weighted by atomic mass is 9.97. The van der Waals surface area contributed by atoms with Gasteiger partial charge in [-0.25, -0.2) is 9.97 Å². The van der Waals surface area contributed by atoms with Gasteiger partial charge in [-0.3, -0.25) is 0 Å². The van der Waals surface area contributed by atoms with Gasteiger partial charge >= 0.3 is 0 Å². The first kappa shape index (κ1) is 17.8. The van der Waals surface area contributed by atoms with Crippen LogP contribution in [0, 0.1) is 0 Å². The molecule has 27 heavy (non-hydrogen) atoms. The number of benzene rings is 1. The van der Waals surface area contributed by atoms with Crippen molar-refractivity contribution < 1.29 is 4.42 Å². The van der Waals surface area contributed by atoms with E-state index in [1.165, 1.54) is 5.56 Å². The van der Waals surface area contributed by atoms with Crippen molar-refractivity contribution in [2.75, 3.05) is 0 Å². The van der Waals surface area contributed by atoms with Gasteiger partial charge in [-0.05, 0) is 36.2 Å². The van der Waals surface area contributed by atoms with Crippen molar-refractivity contribution in [2.45, 2.75) is 45.4 Å². The van der Waals surface area contributed by atoms with Gasteiger partial charge in [-0.1, -0.05) is 51.2 Å². The Kier molecular flexibility index (Phi) is 4.52. The van der Waals surface area contributed by atoms with Crippen LogP contribution in [0.1, 0.15) is 50.1 Å². The minimum atomic E-state index is -0.146. The lowest BCUT2D eigenvalue weighted by molar-refractivity contribution is 0.399. The quantitative estimate of drug-likeness (QED) is 0.477. The third-order valence-corrected chi connectivity index (χ3v) is 5.62. The van der Waals surface area contributed by atoms with E-state index in [1.807, 2.05) is 30.5 Å². The van der Waals surface area contributed by atoms with Gasteiger partial charge in [0.25, 0.3) is 0 Å². The van der Waals surface area contributed by atoms with Crippen LogP contribution >= 0.6 is 11.3 Å². The molecule has 3 aromatic heterocycles. The number of hydrogen-bond donors (Lipinski definition) is 0. The second-order valence-corrected chi connectivity index (χ2v) is 8.85. The van der Waals surface area contributed by atoms with Crippen molar-refractivity contribution in [1.82, 2.24) is 20.2 Å². The second kappa shape index (κ2) is 6.85. The van der Waals surface area contributed by atoms with Gasteiger partial charge < -0.3 is 4.42 Å². The molecule has 0 fully saturated rings. The maximum Gasteiger partial charge on any atom is 0.247 e. The highest BCUT2D eigenvalue weighted by Crippen LogP contribution is 2.29. The van der Waals surface area contributed by atoms with E-state index in [0.29, 0.717) is 17.7 Å². The van der Waals surface area contributed by atoms with Crippen LogP contribution in [0.2, 0.25) is 0 Å². The van der Waals surface area contributed by atoms with Gasteiger partial charge in [-0.2, -0.15) is 0 Å².